The van der Waals surface area contributed by atoms with Gasteiger partial charge in [-0.25, -0.2) is 4.98 Å². The average Bonchev–Trinajstić information content (AvgIpc) is 3.50. The number of ether oxygens (including phenoxy) is 1. The monoisotopic (exact) mass is 553 g/mol. The van der Waals surface area contributed by atoms with Crippen molar-refractivity contribution in [3.05, 3.63) is 120 Å². The largest absolute Gasteiger partial charge is 0.494 e. The molecule has 41 heavy (non-hydrogen) atoms. The molecule has 2 heterocycles. The van der Waals surface area contributed by atoms with Gasteiger partial charge in [0.25, 0.3) is 5.91 Å². The number of unbranched alkanes of at least 4 members (excludes halogenated alkanes) is 3. The number of para-hydroxylation sites is 1. The van der Waals surface area contributed by atoms with Crippen molar-refractivity contribution in [2.75, 3.05) is 13.2 Å². The third-order valence-corrected chi connectivity index (χ3v) is 6.77. The number of pyridine rings is 1. The number of carboxylic acid groups (broad SMARTS) is 1. The van der Waals surface area contributed by atoms with Gasteiger partial charge in [0, 0.05) is 18.9 Å². The number of hydrogen-bond donors (Lipinski definition) is 2. The maximum Gasteiger partial charge on any atom is 0.323 e. The Morgan fingerprint density at radius 1 is 0.951 bits per heavy atom. The lowest BCUT2D eigenvalue weighted by Crippen LogP contribution is -2.38. The molecule has 2 aromatic carbocycles. The Morgan fingerprint density at radius 2 is 1.73 bits per heavy atom. The zero-order valence-electron chi connectivity index (χ0n) is 22.9. The van der Waals surface area contributed by atoms with Crippen molar-refractivity contribution in [2.24, 2.45) is 0 Å². The number of nitrogens with one attached hydrogen (secondary N) is 1. The van der Waals surface area contributed by atoms with Crippen molar-refractivity contribution in [3.63, 3.8) is 0 Å². The molecule has 0 bridgehead atoms. The summed E-state index contributed by atoms with van der Waals surface area (Å²) in [5, 5.41) is 13.3. The average molecular weight is 554 g/mol. The minimum atomic E-state index is -1.53. The molecule has 8 heteroatoms. The summed E-state index contributed by atoms with van der Waals surface area (Å²) in [6.45, 7) is 1.08. The molecule has 0 spiro atoms. The predicted octanol–water partition coefficient (Wildman–Crippen LogP) is 6.30. The molecule has 8 nitrogen and oxygen atoms in total. The van der Waals surface area contributed by atoms with E-state index >= 15 is 0 Å². The van der Waals surface area contributed by atoms with Gasteiger partial charge in [-0.2, -0.15) is 0 Å². The van der Waals surface area contributed by atoms with Gasteiger partial charge in [-0.05, 0) is 67.9 Å². The number of aromatic nitrogens is 2. The van der Waals surface area contributed by atoms with Gasteiger partial charge < -0.3 is 19.6 Å². The van der Waals surface area contributed by atoms with Crippen LogP contribution < -0.4 is 10.1 Å². The second kappa shape index (κ2) is 15.2. The van der Waals surface area contributed by atoms with Crippen molar-refractivity contribution in [3.8, 4) is 5.75 Å². The van der Waals surface area contributed by atoms with Crippen LogP contribution in [-0.4, -0.2) is 40.1 Å². The maximum atomic E-state index is 12.8. The highest BCUT2D eigenvalue weighted by atomic mass is 16.5. The molecule has 0 fully saturated rings. The fraction of sp³-hybridized carbons (Fsp3) is 0.273. The Kier molecular flexibility index (Phi) is 10.8. The quantitative estimate of drug-likeness (QED) is 0.156. The Hall–Kier alpha value is -4.72. The lowest BCUT2D eigenvalue weighted by molar-refractivity contribution is -0.143. The van der Waals surface area contributed by atoms with Gasteiger partial charge in [0.15, 0.2) is 11.1 Å². The number of oxazole rings is 1. The van der Waals surface area contributed by atoms with Gasteiger partial charge in [-0.1, -0.05) is 66.7 Å². The van der Waals surface area contributed by atoms with E-state index in [2.05, 4.69) is 15.3 Å². The van der Waals surface area contributed by atoms with Crippen LogP contribution >= 0.6 is 0 Å². The van der Waals surface area contributed by atoms with Gasteiger partial charge in [0.1, 0.15) is 12.0 Å². The Balaban J connectivity index is 1.34. The number of aliphatic carboxylic acids is 1. The van der Waals surface area contributed by atoms with Gasteiger partial charge in [-0.15, -0.1) is 0 Å². The van der Waals surface area contributed by atoms with E-state index in [0.717, 1.165) is 30.6 Å². The molecule has 2 aromatic heterocycles. The van der Waals surface area contributed by atoms with Gasteiger partial charge in [-0.3, -0.25) is 14.6 Å². The van der Waals surface area contributed by atoms with Crippen LogP contribution in [-0.2, 0) is 10.2 Å². The number of allylic oxidation sites excluding steroid dienone is 1. The molecule has 0 saturated heterocycles. The first-order valence-corrected chi connectivity index (χ1v) is 13.9. The lowest BCUT2D eigenvalue weighted by Gasteiger charge is -2.26. The summed E-state index contributed by atoms with van der Waals surface area (Å²) >= 11 is 0. The molecule has 2 N–H and O–H groups in total. The summed E-state index contributed by atoms with van der Waals surface area (Å²) in [5.41, 5.74) is 0.0605. The number of nitrogens with zero attached hydrogens (tertiary/aromatic N) is 2. The summed E-state index contributed by atoms with van der Waals surface area (Å²) in [4.78, 5) is 34.1. The Labute approximate surface area is 240 Å². The van der Waals surface area contributed by atoms with Crippen molar-refractivity contribution >= 4 is 18.0 Å². The van der Waals surface area contributed by atoms with Gasteiger partial charge in [0.2, 0.25) is 5.89 Å². The molecule has 0 aliphatic heterocycles. The minimum absolute atomic E-state index is 0.00403. The zero-order valence-corrected chi connectivity index (χ0v) is 22.9. The molecular weight excluding hydrogens is 518 g/mol. The van der Waals surface area contributed by atoms with Gasteiger partial charge in [0.05, 0.1) is 6.61 Å². The molecule has 1 amide bonds. The predicted molar refractivity (Wildman–Crippen MR) is 157 cm³/mol. The fourth-order valence-electron chi connectivity index (χ4n) is 4.58. The summed E-state index contributed by atoms with van der Waals surface area (Å²) in [5.74, 6) is -0.633. The van der Waals surface area contributed by atoms with E-state index in [-0.39, 0.29) is 18.0 Å². The first kappa shape index (κ1) is 29.3. The first-order chi connectivity index (χ1) is 20.1. The van der Waals surface area contributed by atoms with E-state index in [1.165, 1.54) is 6.26 Å². The number of benzene rings is 2. The summed E-state index contributed by atoms with van der Waals surface area (Å²) < 4.78 is 11.4. The fourth-order valence-corrected chi connectivity index (χ4v) is 4.58. The summed E-state index contributed by atoms with van der Waals surface area (Å²) in [6, 6.07) is 22.4. The zero-order chi connectivity index (χ0) is 28.8. The van der Waals surface area contributed by atoms with Crippen LogP contribution in [0.15, 0.2) is 102 Å². The van der Waals surface area contributed by atoms with Crippen molar-refractivity contribution in [1.82, 2.24) is 15.3 Å². The number of carboxylic acids is 1. The highest BCUT2D eigenvalue weighted by Crippen LogP contribution is 2.37. The molecule has 212 valence electrons. The molecule has 4 rings (SSSR count). The lowest BCUT2D eigenvalue weighted by atomic mass is 9.76. The topological polar surface area (TPSA) is 115 Å². The standard InChI is InChI=1S/C33H35N3O5/c37-30(35-22-11-4-12-23-40-28-18-8-2-9-19-28)29-25-41-31(36-29)33(32(38)39,27-16-6-1-7-17-27)20-10-3-5-14-26-15-13-21-34-24-26/h1-2,5-9,13-19,21,24-25H,3-4,10-12,20,22-23H2,(H,35,37)(H,38,39). The van der Waals surface area contributed by atoms with Crippen LogP contribution in [0.1, 0.15) is 66.0 Å². The second-order valence-corrected chi connectivity index (χ2v) is 9.67. The normalized spacial score (nSPS) is 12.6. The first-order valence-electron chi connectivity index (χ1n) is 13.9. The van der Waals surface area contributed by atoms with Crippen LogP contribution in [0.3, 0.4) is 0 Å². The molecular formula is C33H35N3O5. The van der Waals surface area contributed by atoms with Crippen LogP contribution in [0.25, 0.3) is 6.08 Å². The highest BCUT2D eigenvalue weighted by Gasteiger charge is 2.46. The minimum Gasteiger partial charge on any atom is -0.494 e. The van der Waals surface area contributed by atoms with E-state index in [4.69, 9.17) is 9.15 Å². The van der Waals surface area contributed by atoms with Crippen molar-refractivity contribution in [2.45, 2.75) is 43.9 Å². The van der Waals surface area contributed by atoms with Gasteiger partial charge >= 0.3 is 5.97 Å². The molecule has 0 radical (unpaired) electrons. The molecule has 0 aliphatic rings. The smallest absolute Gasteiger partial charge is 0.323 e. The number of hydrogen-bond acceptors (Lipinski definition) is 6. The third kappa shape index (κ3) is 8.14. The molecule has 1 unspecified atom stereocenters. The van der Waals surface area contributed by atoms with Crippen LogP contribution in [0, 0.1) is 0 Å². The van der Waals surface area contributed by atoms with Crippen LogP contribution in [0.5, 0.6) is 5.75 Å². The van der Waals surface area contributed by atoms with Crippen molar-refractivity contribution in [1.29, 1.82) is 0 Å². The SMILES string of the molecule is O=C(NCCCCCOc1ccccc1)c1coc(C(CCCC=Cc2cccnc2)(C(=O)O)c2ccccc2)n1. The Bertz CT molecular complexity index is 1390. The molecule has 4 aromatic rings. The third-order valence-electron chi connectivity index (χ3n) is 6.77. The molecule has 0 aliphatic carbocycles. The number of carbonyl (C=O) groups is 2. The summed E-state index contributed by atoms with van der Waals surface area (Å²) in [6.07, 6.45) is 12.7. The van der Waals surface area contributed by atoms with Crippen LogP contribution in [0.4, 0.5) is 0 Å². The molecule has 1 atom stereocenters. The number of carbonyl (C=O) groups excluding carboxylic acids is 1. The number of amides is 1. The number of rotatable bonds is 16. The Morgan fingerprint density at radius 3 is 2.46 bits per heavy atom. The van der Waals surface area contributed by atoms with E-state index < -0.39 is 17.3 Å². The van der Waals surface area contributed by atoms with E-state index in [9.17, 15) is 14.7 Å². The van der Waals surface area contributed by atoms with E-state index in [1.807, 2.05) is 60.7 Å². The van der Waals surface area contributed by atoms with Crippen LogP contribution in [0.2, 0.25) is 0 Å². The van der Waals surface area contributed by atoms with E-state index in [0.29, 0.717) is 31.6 Å². The summed E-state index contributed by atoms with van der Waals surface area (Å²) in [7, 11) is 0. The maximum absolute atomic E-state index is 12.8. The molecule has 0 saturated carbocycles. The van der Waals surface area contributed by atoms with E-state index in [1.54, 1.807) is 36.7 Å². The second-order valence-electron chi connectivity index (χ2n) is 9.67. The highest BCUT2D eigenvalue weighted by molar-refractivity contribution is 5.92. The van der Waals surface area contributed by atoms with Crippen molar-refractivity contribution < 1.29 is 23.8 Å².